The highest BCUT2D eigenvalue weighted by Crippen LogP contribution is 2.36. The van der Waals surface area contributed by atoms with Crippen LogP contribution >= 0.6 is 0 Å². The van der Waals surface area contributed by atoms with E-state index in [1.165, 1.54) is 21.6 Å². The number of hydrogen-bond donors (Lipinski definition) is 0. The number of imidazole rings is 1. The standard InChI is InChI=1S/C19H20F3N3O3/c1-18(2,3)28-17(27)24-8-9-25-14(10-24)15(19(20,21)22)23-16(25)13-6-4-12(11-26)5-7-13/h4-7,11H,8-10H2,1-3H3. The van der Waals surface area contributed by atoms with Gasteiger partial charge in [0.25, 0.3) is 0 Å². The molecule has 9 heteroatoms. The summed E-state index contributed by atoms with van der Waals surface area (Å²) in [4.78, 5) is 28.2. The lowest BCUT2D eigenvalue weighted by Crippen LogP contribution is -2.42. The van der Waals surface area contributed by atoms with E-state index in [1.54, 1.807) is 32.9 Å². The van der Waals surface area contributed by atoms with Crippen LogP contribution in [0.1, 0.15) is 42.5 Å². The zero-order valence-electron chi connectivity index (χ0n) is 15.7. The quantitative estimate of drug-likeness (QED) is 0.718. The molecule has 0 spiro atoms. The minimum Gasteiger partial charge on any atom is -0.444 e. The molecule has 1 amide bonds. The largest absolute Gasteiger partial charge is 0.444 e. The average molecular weight is 395 g/mol. The summed E-state index contributed by atoms with van der Waals surface area (Å²) < 4.78 is 47.4. The molecular formula is C19H20F3N3O3. The van der Waals surface area contributed by atoms with Gasteiger partial charge in [-0.2, -0.15) is 13.2 Å². The molecule has 0 saturated heterocycles. The number of halogens is 3. The molecule has 1 aliphatic rings. The zero-order chi connectivity index (χ0) is 20.7. The number of alkyl halides is 3. The first-order valence-corrected chi connectivity index (χ1v) is 8.70. The molecule has 0 unspecified atom stereocenters. The van der Waals surface area contributed by atoms with Gasteiger partial charge in [-0.05, 0) is 20.8 Å². The fourth-order valence-corrected chi connectivity index (χ4v) is 3.01. The molecule has 0 saturated carbocycles. The van der Waals surface area contributed by atoms with Gasteiger partial charge in [0.15, 0.2) is 5.69 Å². The second-order valence-corrected chi connectivity index (χ2v) is 7.52. The van der Waals surface area contributed by atoms with Gasteiger partial charge in [-0.25, -0.2) is 9.78 Å². The van der Waals surface area contributed by atoms with E-state index in [0.717, 1.165) is 0 Å². The number of carbonyl (C=O) groups excluding carboxylic acids is 2. The molecule has 0 radical (unpaired) electrons. The Labute approximate surface area is 159 Å². The van der Waals surface area contributed by atoms with Crippen molar-refractivity contribution in [3.05, 3.63) is 41.2 Å². The third-order valence-corrected chi connectivity index (χ3v) is 4.23. The molecule has 0 aliphatic carbocycles. The lowest BCUT2D eigenvalue weighted by atomic mass is 10.1. The third kappa shape index (κ3) is 4.02. The van der Waals surface area contributed by atoms with Gasteiger partial charge in [0.1, 0.15) is 17.7 Å². The van der Waals surface area contributed by atoms with E-state index in [-0.39, 0.29) is 31.2 Å². The van der Waals surface area contributed by atoms with Crippen molar-refractivity contribution < 1.29 is 27.5 Å². The van der Waals surface area contributed by atoms with Crippen molar-refractivity contribution in [2.24, 2.45) is 0 Å². The Balaban J connectivity index is 1.99. The van der Waals surface area contributed by atoms with E-state index >= 15 is 0 Å². The summed E-state index contributed by atoms with van der Waals surface area (Å²) in [6, 6.07) is 6.15. The molecule has 1 aromatic carbocycles. The van der Waals surface area contributed by atoms with Crippen LogP contribution in [0.15, 0.2) is 24.3 Å². The van der Waals surface area contributed by atoms with Gasteiger partial charge in [0.2, 0.25) is 0 Å². The van der Waals surface area contributed by atoms with E-state index < -0.39 is 23.6 Å². The van der Waals surface area contributed by atoms with E-state index in [2.05, 4.69) is 4.98 Å². The number of amides is 1. The van der Waals surface area contributed by atoms with Gasteiger partial charge >= 0.3 is 12.3 Å². The SMILES string of the molecule is CC(C)(C)OC(=O)N1CCn2c(-c3ccc(C=O)cc3)nc(C(F)(F)F)c2C1. The predicted octanol–water partition coefficient (Wildman–Crippen LogP) is 4.13. The average Bonchev–Trinajstić information content (AvgIpc) is 2.99. The molecule has 28 heavy (non-hydrogen) atoms. The zero-order valence-corrected chi connectivity index (χ0v) is 15.7. The second-order valence-electron chi connectivity index (χ2n) is 7.52. The van der Waals surface area contributed by atoms with Crippen molar-refractivity contribution in [3.63, 3.8) is 0 Å². The van der Waals surface area contributed by atoms with Crippen molar-refractivity contribution >= 4 is 12.4 Å². The summed E-state index contributed by atoms with van der Waals surface area (Å²) in [5.41, 5.74) is -0.962. The number of rotatable bonds is 2. The molecule has 6 nitrogen and oxygen atoms in total. The van der Waals surface area contributed by atoms with Gasteiger partial charge < -0.3 is 14.2 Å². The van der Waals surface area contributed by atoms with E-state index in [1.807, 2.05) is 0 Å². The van der Waals surface area contributed by atoms with Crippen molar-refractivity contribution in [2.45, 2.75) is 45.6 Å². The van der Waals surface area contributed by atoms with Gasteiger partial charge in [0.05, 0.1) is 12.2 Å². The summed E-state index contributed by atoms with van der Waals surface area (Å²) in [7, 11) is 0. The van der Waals surface area contributed by atoms with Crippen molar-refractivity contribution in [3.8, 4) is 11.4 Å². The highest BCUT2D eigenvalue weighted by molar-refractivity contribution is 5.76. The summed E-state index contributed by atoms with van der Waals surface area (Å²) in [6.45, 7) is 5.20. The summed E-state index contributed by atoms with van der Waals surface area (Å²) in [5.74, 6) is 0.156. The van der Waals surface area contributed by atoms with E-state index in [4.69, 9.17) is 4.74 Å². The lowest BCUT2D eigenvalue weighted by Gasteiger charge is -2.31. The number of hydrogen-bond acceptors (Lipinski definition) is 4. The number of aldehydes is 1. The Hall–Kier alpha value is -2.84. The van der Waals surface area contributed by atoms with Crippen LogP contribution in [0.25, 0.3) is 11.4 Å². The second kappa shape index (κ2) is 6.96. The number of nitrogens with zero attached hydrogens (tertiary/aromatic N) is 3. The molecule has 0 atom stereocenters. The minimum absolute atomic E-state index is 0.0842. The van der Waals surface area contributed by atoms with E-state index in [9.17, 15) is 22.8 Å². The lowest BCUT2D eigenvalue weighted by molar-refractivity contribution is -0.142. The summed E-state index contributed by atoms with van der Waals surface area (Å²) in [6.07, 6.45) is -4.66. The van der Waals surface area contributed by atoms with Crippen LogP contribution < -0.4 is 0 Å². The predicted molar refractivity (Wildman–Crippen MR) is 94.7 cm³/mol. The van der Waals surface area contributed by atoms with Crippen LogP contribution in [0.4, 0.5) is 18.0 Å². The minimum atomic E-state index is -4.66. The van der Waals surface area contributed by atoms with Gasteiger partial charge in [-0.15, -0.1) is 0 Å². The maximum atomic E-state index is 13.6. The maximum absolute atomic E-state index is 13.6. The molecular weight excluding hydrogens is 375 g/mol. The van der Waals surface area contributed by atoms with Crippen molar-refractivity contribution in [2.75, 3.05) is 6.54 Å². The van der Waals surface area contributed by atoms with Crippen LogP contribution in [0, 0.1) is 0 Å². The number of ether oxygens (including phenoxy) is 1. The summed E-state index contributed by atoms with van der Waals surface area (Å²) in [5, 5.41) is 0. The Morgan fingerprint density at radius 2 is 1.79 bits per heavy atom. The number of carbonyl (C=O) groups is 2. The first kappa shape index (κ1) is 19.9. The number of aromatic nitrogens is 2. The van der Waals surface area contributed by atoms with Crippen LogP contribution in [-0.4, -0.2) is 39.0 Å². The van der Waals surface area contributed by atoms with Crippen molar-refractivity contribution in [1.82, 2.24) is 14.5 Å². The maximum Gasteiger partial charge on any atom is 0.435 e. The first-order chi connectivity index (χ1) is 13.0. The smallest absolute Gasteiger partial charge is 0.435 e. The normalized spacial score (nSPS) is 14.6. The highest BCUT2D eigenvalue weighted by atomic mass is 19.4. The molecule has 0 fully saturated rings. The molecule has 150 valence electrons. The molecule has 3 rings (SSSR count). The first-order valence-electron chi connectivity index (χ1n) is 8.70. The fourth-order valence-electron chi connectivity index (χ4n) is 3.01. The topological polar surface area (TPSA) is 64.4 Å². The molecule has 1 aromatic heterocycles. The van der Waals surface area contributed by atoms with Crippen LogP contribution in [0.2, 0.25) is 0 Å². The number of benzene rings is 1. The van der Waals surface area contributed by atoms with Crippen molar-refractivity contribution in [1.29, 1.82) is 0 Å². The highest BCUT2D eigenvalue weighted by Gasteiger charge is 2.41. The Morgan fingerprint density at radius 3 is 2.32 bits per heavy atom. The molecule has 2 aromatic rings. The summed E-state index contributed by atoms with van der Waals surface area (Å²) >= 11 is 0. The third-order valence-electron chi connectivity index (χ3n) is 4.23. The Morgan fingerprint density at radius 1 is 1.14 bits per heavy atom. The molecule has 2 heterocycles. The molecule has 0 bridgehead atoms. The molecule has 0 N–H and O–H groups in total. The number of fused-ring (bicyclic) bond motifs is 1. The van der Waals surface area contributed by atoms with Gasteiger partial charge in [0, 0.05) is 24.2 Å². The monoisotopic (exact) mass is 395 g/mol. The van der Waals surface area contributed by atoms with Crippen LogP contribution in [0.5, 0.6) is 0 Å². The Kier molecular flexibility index (Phi) is 4.95. The Bertz CT molecular complexity index is 896. The molecule has 1 aliphatic heterocycles. The fraction of sp³-hybridized carbons (Fsp3) is 0.421. The van der Waals surface area contributed by atoms with Gasteiger partial charge in [-0.3, -0.25) is 4.79 Å². The van der Waals surface area contributed by atoms with Gasteiger partial charge in [-0.1, -0.05) is 24.3 Å². The van der Waals surface area contributed by atoms with E-state index in [0.29, 0.717) is 17.4 Å². The van der Waals surface area contributed by atoms with Crippen LogP contribution in [-0.2, 0) is 24.0 Å². The van der Waals surface area contributed by atoms with Crippen LogP contribution in [0.3, 0.4) is 0 Å².